The van der Waals surface area contributed by atoms with Crippen molar-refractivity contribution < 1.29 is 9.47 Å². The van der Waals surface area contributed by atoms with Crippen LogP contribution in [0.25, 0.3) is 0 Å². The predicted molar refractivity (Wildman–Crippen MR) is 104 cm³/mol. The molecule has 0 radical (unpaired) electrons. The Kier molecular flexibility index (Phi) is 5.20. The minimum Gasteiger partial charge on any atom is -0.495 e. The van der Waals surface area contributed by atoms with E-state index in [1.165, 1.54) is 11.3 Å². The van der Waals surface area contributed by atoms with Crippen molar-refractivity contribution in [2.45, 2.75) is 25.8 Å². The third-order valence-electron chi connectivity index (χ3n) is 4.52. The van der Waals surface area contributed by atoms with E-state index in [-0.39, 0.29) is 5.56 Å². The van der Waals surface area contributed by atoms with E-state index in [1.54, 1.807) is 19.4 Å². The first kappa shape index (κ1) is 18.4. The normalized spacial score (nSPS) is 17.9. The molecule has 1 unspecified atom stereocenters. The first-order valence-electron chi connectivity index (χ1n) is 8.87. The van der Waals surface area contributed by atoms with Crippen molar-refractivity contribution >= 4 is 17.0 Å². The molecule has 28 heavy (non-hydrogen) atoms. The molecular weight excluding hydrogens is 380 g/mol. The van der Waals surface area contributed by atoms with E-state index >= 15 is 0 Å². The number of aromatic amines is 1. The SMILES string of the molecule is COc1ccc([C@@H]2CC2COc2cc(NCc3nnc(C)s3)c(=O)[nH]n2)nc1. The van der Waals surface area contributed by atoms with Crippen LogP contribution < -0.4 is 20.3 Å². The average Bonchev–Trinajstić information content (AvgIpc) is 3.38. The smallest absolute Gasteiger partial charge is 0.287 e. The number of aromatic nitrogens is 5. The molecule has 2 N–H and O–H groups in total. The van der Waals surface area contributed by atoms with Gasteiger partial charge in [0.1, 0.15) is 21.5 Å². The second-order valence-electron chi connectivity index (χ2n) is 6.55. The van der Waals surface area contributed by atoms with E-state index in [4.69, 9.17) is 9.47 Å². The van der Waals surface area contributed by atoms with Crippen LogP contribution in [0, 0.1) is 12.8 Å². The lowest BCUT2D eigenvalue weighted by Crippen LogP contribution is -2.16. The Morgan fingerprint density at radius 1 is 1.36 bits per heavy atom. The van der Waals surface area contributed by atoms with Gasteiger partial charge in [-0.05, 0) is 25.5 Å². The van der Waals surface area contributed by atoms with Gasteiger partial charge in [-0.2, -0.15) is 0 Å². The van der Waals surface area contributed by atoms with Crippen molar-refractivity contribution in [1.29, 1.82) is 0 Å². The summed E-state index contributed by atoms with van der Waals surface area (Å²) >= 11 is 1.48. The van der Waals surface area contributed by atoms with E-state index in [0.717, 1.165) is 27.9 Å². The Morgan fingerprint density at radius 2 is 2.25 bits per heavy atom. The van der Waals surface area contributed by atoms with Crippen molar-refractivity contribution in [3.05, 3.63) is 50.5 Å². The first-order chi connectivity index (χ1) is 13.6. The molecular formula is C18H20N6O3S. The van der Waals surface area contributed by atoms with Gasteiger partial charge in [0.15, 0.2) is 0 Å². The highest BCUT2D eigenvalue weighted by atomic mass is 32.1. The standard InChI is InChI=1S/C18H20N6O3S/c1-10-21-23-17(28-10)8-20-15-6-16(22-24-18(15)25)27-9-11-5-13(11)14-4-3-12(26-2)7-19-14/h3-4,6-7,11,13H,5,8-9H2,1-2H3,(H,20,22)(H,24,25)/t11?,13-/m1/s1. The number of nitrogens with one attached hydrogen (secondary N) is 2. The molecule has 1 aliphatic rings. The Bertz CT molecular complexity index is 1000. The molecule has 10 heteroatoms. The third kappa shape index (κ3) is 4.28. The van der Waals surface area contributed by atoms with Gasteiger partial charge in [-0.25, -0.2) is 5.10 Å². The molecule has 9 nitrogen and oxygen atoms in total. The Hall–Kier alpha value is -3.01. The van der Waals surface area contributed by atoms with E-state index in [2.05, 4.69) is 30.7 Å². The number of H-pyrrole nitrogens is 1. The maximum Gasteiger partial charge on any atom is 0.287 e. The van der Waals surface area contributed by atoms with E-state index in [0.29, 0.717) is 36.6 Å². The van der Waals surface area contributed by atoms with Crippen LogP contribution >= 0.6 is 11.3 Å². The Morgan fingerprint density at radius 3 is 2.96 bits per heavy atom. The Balaban J connectivity index is 1.32. The monoisotopic (exact) mass is 400 g/mol. The van der Waals surface area contributed by atoms with E-state index in [9.17, 15) is 4.79 Å². The van der Waals surface area contributed by atoms with E-state index in [1.807, 2.05) is 19.1 Å². The van der Waals surface area contributed by atoms with E-state index < -0.39 is 0 Å². The van der Waals surface area contributed by atoms with Crippen molar-refractivity contribution in [2.75, 3.05) is 19.0 Å². The molecule has 0 spiro atoms. The summed E-state index contributed by atoms with van der Waals surface area (Å²) in [7, 11) is 1.62. The highest BCUT2D eigenvalue weighted by molar-refractivity contribution is 7.11. The second kappa shape index (κ2) is 7.93. The van der Waals surface area contributed by atoms with Crippen molar-refractivity contribution in [3.8, 4) is 11.6 Å². The lowest BCUT2D eigenvalue weighted by atomic mass is 10.2. The molecule has 1 fully saturated rings. The third-order valence-corrected chi connectivity index (χ3v) is 5.36. The molecule has 4 rings (SSSR count). The summed E-state index contributed by atoms with van der Waals surface area (Å²) in [5, 5.41) is 19.2. The summed E-state index contributed by atoms with van der Waals surface area (Å²) in [5.41, 5.74) is 1.13. The van der Waals surface area contributed by atoms with Crippen LogP contribution in [0.15, 0.2) is 29.2 Å². The molecule has 3 heterocycles. The zero-order chi connectivity index (χ0) is 19.5. The van der Waals surface area contributed by atoms with Gasteiger partial charge in [0.05, 0.1) is 26.5 Å². The number of hydrogen-bond donors (Lipinski definition) is 2. The summed E-state index contributed by atoms with van der Waals surface area (Å²) < 4.78 is 10.9. The lowest BCUT2D eigenvalue weighted by Gasteiger charge is -2.07. The fraction of sp³-hybridized carbons (Fsp3) is 0.389. The fourth-order valence-corrected chi connectivity index (χ4v) is 3.54. The van der Waals surface area contributed by atoms with Gasteiger partial charge in [-0.1, -0.05) is 11.3 Å². The van der Waals surface area contributed by atoms with Crippen LogP contribution in [-0.4, -0.2) is 39.1 Å². The van der Waals surface area contributed by atoms with Gasteiger partial charge in [0.2, 0.25) is 5.88 Å². The van der Waals surface area contributed by atoms with Gasteiger partial charge >= 0.3 is 0 Å². The van der Waals surface area contributed by atoms with Gasteiger partial charge in [-0.15, -0.1) is 15.3 Å². The number of nitrogens with zero attached hydrogens (tertiary/aromatic N) is 4. The zero-order valence-corrected chi connectivity index (χ0v) is 16.3. The molecule has 1 aliphatic carbocycles. The highest BCUT2D eigenvalue weighted by Crippen LogP contribution is 2.46. The molecule has 1 saturated carbocycles. The predicted octanol–water partition coefficient (Wildman–Crippen LogP) is 2.13. The minimum atomic E-state index is -0.305. The maximum absolute atomic E-state index is 12.0. The molecule has 0 aromatic carbocycles. The van der Waals surface area contributed by atoms with Gasteiger partial charge in [-0.3, -0.25) is 9.78 Å². The molecule has 3 aromatic heterocycles. The summed E-state index contributed by atoms with van der Waals surface area (Å²) in [6.07, 6.45) is 2.75. The van der Waals surface area contributed by atoms with Crippen LogP contribution in [0.5, 0.6) is 11.6 Å². The number of methoxy groups -OCH3 is 1. The van der Waals surface area contributed by atoms with Crippen LogP contribution in [0.1, 0.15) is 28.0 Å². The molecule has 3 aromatic rings. The summed E-state index contributed by atoms with van der Waals surface area (Å²) in [4.78, 5) is 16.4. The van der Waals surface area contributed by atoms with Gasteiger partial charge in [0, 0.05) is 23.6 Å². The highest BCUT2D eigenvalue weighted by Gasteiger charge is 2.40. The second-order valence-corrected chi connectivity index (χ2v) is 7.82. The van der Waals surface area contributed by atoms with Gasteiger partial charge < -0.3 is 14.8 Å². The van der Waals surface area contributed by atoms with Crippen LogP contribution in [-0.2, 0) is 6.54 Å². The van der Waals surface area contributed by atoms with Crippen LogP contribution in [0.3, 0.4) is 0 Å². The molecule has 0 aliphatic heterocycles. The topological polar surface area (TPSA) is 115 Å². The minimum absolute atomic E-state index is 0.305. The average molecular weight is 400 g/mol. The largest absolute Gasteiger partial charge is 0.495 e. The van der Waals surface area contributed by atoms with Crippen molar-refractivity contribution in [3.63, 3.8) is 0 Å². The molecule has 0 saturated heterocycles. The molecule has 0 amide bonds. The summed E-state index contributed by atoms with van der Waals surface area (Å²) in [5.74, 6) is 1.89. The number of aryl methyl sites for hydroxylation is 1. The van der Waals surface area contributed by atoms with Crippen molar-refractivity contribution in [2.24, 2.45) is 5.92 Å². The zero-order valence-electron chi connectivity index (χ0n) is 15.5. The lowest BCUT2D eigenvalue weighted by molar-refractivity contribution is 0.282. The Labute approximate surface area is 165 Å². The molecule has 146 valence electrons. The summed E-state index contributed by atoms with van der Waals surface area (Å²) in [6, 6.07) is 5.51. The number of pyridine rings is 1. The van der Waals surface area contributed by atoms with Crippen LogP contribution in [0.2, 0.25) is 0 Å². The first-order valence-corrected chi connectivity index (χ1v) is 9.69. The van der Waals surface area contributed by atoms with Crippen molar-refractivity contribution in [1.82, 2.24) is 25.4 Å². The molecule has 2 atom stereocenters. The van der Waals surface area contributed by atoms with Crippen LogP contribution in [0.4, 0.5) is 5.69 Å². The number of hydrogen-bond acceptors (Lipinski definition) is 9. The quantitative estimate of drug-likeness (QED) is 0.591. The summed E-state index contributed by atoms with van der Waals surface area (Å²) in [6.45, 7) is 2.83. The number of anilines is 1. The number of rotatable bonds is 8. The molecule has 0 bridgehead atoms. The van der Waals surface area contributed by atoms with Gasteiger partial charge in [0.25, 0.3) is 5.56 Å². The maximum atomic E-state index is 12.0. The number of ether oxygens (including phenoxy) is 2. The fourth-order valence-electron chi connectivity index (χ4n) is 2.89.